The molecule has 176 valence electrons. The third kappa shape index (κ3) is 5.21. The molecule has 1 N–H and O–H groups in total. The fraction of sp³-hybridized carbons (Fsp3) is 0.185. The van der Waals surface area contributed by atoms with Crippen LogP contribution in [0.15, 0.2) is 72.8 Å². The predicted molar refractivity (Wildman–Crippen MR) is 136 cm³/mol. The average molecular weight is 469 g/mol. The highest BCUT2D eigenvalue weighted by Gasteiger charge is 2.19. The minimum atomic E-state index is -0.452. The number of benzene rings is 3. The topological polar surface area (TPSA) is 101 Å². The molecule has 4 rings (SSSR count). The number of rotatable bonds is 7. The van der Waals surface area contributed by atoms with E-state index in [1.165, 1.54) is 12.1 Å². The second-order valence-electron chi connectivity index (χ2n) is 9.29. The van der Waals surface area contributed by atoms with Gasteiger partial charge >= 0.3 is 0 Å². The molecular formula is C27H26N5O3+. The van der Waals surface area contributed by atoms with Crippen molar-refractivity contribution in [2.24, 2.45) is 0 Å². The van der Waals surface area contributed by atoms with Crippen LogP contribution in [0.2, 0.25) is 0 Å². The van der Waals surface area contributed by atoms with Gasteiger partial charge in [0.25, 0.3) is 11.6 Å². The Balaban J connectivity index is 1.65. The summed E-state index contributed by atoms with van der Waals surface area (Å²) in [5, 5.41) is 24.1. The molecule has 35 heavy (non-hydrogen) atoms. The maximum atomic E-state index is 13.2. The predicted octanol–water partition coefficient (Wildman–Crippen LogP) is 4.60. The van der Waals surface area contributed by atoms with Crippen molar-refractivity contribution in [2.75, 3.05) is 21.1 Å². The summed E-state index contributed by atoms with van der Waals surface area (Å²) in [6.45, 7) is 0.694. The van der Waals surface area contributed by atoms with Gasteiger partial charge in [-0.2, -0.15) is 5.26 Å². The number of carbonyl (C=O) groups is 1. The van der Waals surface area contributed by atoms with E-state index in [-0.39, 0.29) is 11.6 Å². The smallest absolute Gasteiger partial charge is 0.270 e. The van der Waals surface area contributed by atoms with Gasteiger partial charge < -0.3 is 9.88 Å². The summed E-state index contributed by atoms with van der Waals surface area (Å²) < 4.78 is 2.52. The fourth-order valence-corrected chi connectivity index (χ4v) is 3.99. The lowest BCUT2D eigenvalue weighted by molar-refractivity contribution is -0.384. The van der Waals surface area contributed by atoms with Gasteiger partial charge in [0.1, 0.15) is 11.4 Å². The standard InChI is InChI=1S/C27H25N5O3/c1-32(2,3)24-10-7-19(8-11-24)17-29-27(33)26-15-22-14-23(31(34)35)9-12-25(22)30(26)18-21-6-4-5-20(13-21)16-28/h4-15H,17-18H2,1-3H3/p+1. The van der Waals surface area contributed by atoms with E-state index in [0.29, 0.717) is 39.7 Å². The van der Waals surface area contributed by atoms with Crippen molar-refractivity contribution >= 4 is 28.2 Å². The molecule has 0 bridgehead atoms. The highest BCUT2D eigenvalue weighted by molar-refractivity contribution is 5.99. The van der Waals surface area contributed by atoms with Gasteiger partial charge in [-0.15, -0.1) is 0 Å². The number of quaternary nitrogens is 1. The molecule has 1 heterocycles. The largest absolute Gasteiger partial charge is 0.347 e. The highest BCUT2D eigenvalue weighted by atomic mass is 16.6. The Morgan fingerprint density at radius 3 is 2.43 bits per heavy atom. The lowest BCUT2D eigenvalue weighted by atomic mass is 10.1. The summed E-state index contributed by atoms with van der Waals surface area (Å²) >= 11 is 0. The van der Waals surface area contributed by atoms with Crippen LogP contribution in [0, 0.1) is 21.4 Å². The van der Waals surface area contributed by atoms with E-state index in [1.807, 2.05) is 34.9 Å². The van der Waals surface area contributed by atoms with Gasteiger partial charge in [-0.3, -0.25) is 19.4 Å². The molecule has 1 aromatic heterocycles. The number of aromatic nitrogens is 1. The van der Waals surface area contributed by atoms with E-state index in [9.17, 15) is 20.2 Å². The Hall–Kier alpha value is -4.48. The number of nitrogens with zero attached hydrogens (tertiary/aromatic N) is 4. The van der Waals surface area contributed by atoms with E-state index in [2.05, 4.69) is 32.5 Å². The lowest BCUT2D eigenvalue weighted by Gasteiger charge is -2.23. The molecular weight excluding hydrogens is 442 g/mol. The van der Waals surface area contributed by atoms with Gasteiger partial charge in [-0.25, -0.2) is 0 Å². The third-order valence-electron chi connectivity index (χ3n) is 5.89. The maximum Gasteiger partial charge on any atom is 0.270 e. The first-order chi connectivity index (χ1) is 16.7. The fourth-order valence-electron chi connectivity index (χ4n) is 3.99. The Labute approximate surface area is 203 Å². The first-order valence-electron chi connectivity index (χ1n) is 11.1. The Bertz CT molecular complexity index is 1460. The minimum absolute atomic E-state index is 0.0366. The van der Waals surface area contributed by atoms with Crippen LogP contribution in [0.1, 0.15) is 27.2 Å². The van der Waals surface area contributed by atoms with Crippen molar-refractivity contribution in [1.29, 1.82) is 5.26 Å². The summed E-state index contributed by atoms with van der Waals surface area (Å²) in [7, 11) is 6.27. The molecule has 4 aromatic rings. The van der Waals surface area contributed by atoms with Gasteiger partial charge in [0, 0.05) is 36.1 Å². The maximum absolute atomic E-state index is 13.2. The molecule has 0 unspecified atom stereocenters. The van der Waals surface area contributed by atoms with Crippen molar-refractivity contribution in [2.45, 2.75) is 13.1 Å². The first kappa shape index (κ1) is 23.7. The summed E-state index contributed by atoms with van der Waals surface area (Å²) in [6, 6.07) is 23.6. The molecule has 0 saturated heterocycles. The number of amides is 1. The molecule has 8 heteroatoms. The van der Waals surface area contributed by atoms with Crippen molar-refractivity contribution < 1.29 is 9.72 Å². The number of nitriles is 1. The zero-order valence-corrected chi connectivity index (χ0v) is 19.9. The quantitative estimate of drug-likeness (QED) is 0.243. The number of fused-ring (bicyclic) bond motifs is 1. The zero-order valence-electron chi connectivity index (χ0n) is 19.9. The molecule has 0 spiro atoms. The van der Waals surface area contributed by atoms with Gasteiger partial charge in [-0.05, 0) is 47.5 Å². The van der Waals surface area contributed by atoms with E-state index < -0.39 is 4.92 Å². The molecule has 0 aliphatic heterocycles. The van der Waals surface area contributed by atoms with Crippen molar-refractivity contribution in [3.8, 4) is 6.07 Å². The Kier molecular flexibility index (Phi) is 6.36. The van der Waals surface area contributed by atoms with Crippen LogP contribution >= 0.6 is 0 Å². The van der Waals surface area contributed by atoms with Gasteiger partial charge in [-0.1, -0.05) is 24.3 Å². The monoisotopic (exact) mass is 468 g/mol. The molecule has 0 radical (unpaired) electrons. The SMILES string of the molecule is C[N+](C)(C)c1ccc(CNC(=O)c2cc3cc([N+](=O)[O-])ccc3n2Cc2cccc(C#N)c2)cc1. The van der Waals surface area contributed by atoms with Crippen molar-refractivity contribution in [3.05, 3.63) is 105 Å². The average Bonchev–Trinajstić information content (AvgIpc) is 3.20. The van der Waals surface area contributed by atoms with Gasteiger partial charge in [0.15, 0.2) is 0 Å². The van der Waals surface area contributed by atoms with E-state index >= 15 is 0 Å². The Morgan fingerprint density at radius 1 is 1.03 bits per heavy atom. The van der Waals surface area contributed by atoms with Crippen molar-refractivity contribution in [3.63, 3.8) is 0 Å². The minimum Gasteiger partial charge on any atom is -0.347 e. The summed E-state index contributed by atoms with van der Waals surface area (Å²) in [4.78, 5) is 24.1. The van der Waals surface area contributed by atoms with Crippen molar-refractivity contribution in [1.82, 2.24) is 14.4 Å². The van der Waals surface area contributed by atoms with Crippen LogP contribution in [0.5, 0.6) is 0 Å². The van der Waals surface area contributed by atoms with E-state index in [4.69, 9.17) is 0 Å². The third-order valence-corrected chi connectivity index (χ3v) is 5.89. The normalized spacial score (nSPS) is 11.3. The molecule has 0 aliphatic rings. The van der Waals surface area contributed by atoms with E-state index in [1.54, 1.807) is 30.3 Å². The second kappa shape index (κ2) is 9.41. The lowest BCUT2D eigenvalue weighted by Crippen LogP contribution is -2.34. The molecule has 8 nitrogen and oxygen atoms in total. The molecule has 0 saturated carbocycles. The van der Waals surface area contributed by atoms with Crippen LogP contribution in [-0.4, -0.2) is 36.5 Å². The van der Waals surface area contributed by atoms with Crippen LogP contribution < -0.4 is 9.80 Å². The molecule has 1 amide bonds. The summed E-state index contributed by atoms with van der Waals surface area (Å²) in [6.07, 6.45) is 0. The number of hydrogen-bond donors (Lipinski definition) is 1. The molecule has 0 fully saturated rings. The molecule has 0 aliphatic carbocycles. The second-order valence-corrected chi connectivity index (χ2v) is 9.29. The molecule has 3 aromatic carbocycles. The number of nitro benzene ring substituents is 1. The molecule has 0 atom stereocenters. The number of nitro groups is 1. The number of non-ortho nitro benzene ring substituents is 1. The van der Waals surface area contributed by atoms with E-state index in [0.717, 1.165) is 16.8 Å². The zero-order chi connectivity index (χ0) is 25.2. The highest BCUT2D eigenvalue weighted by Crippen LogP contribution is 2.26. The first-order valence-corrected chi connectivity index (χ1v) is 11.1. The number of carbonyl (C=O) groups excluding carboxylic acids is 1. The summed E-state index contributed by atoms with van der Waals surface area (Å²) in [5.74, 6) is -0.282. The van der Waals surface area contributed by atoms with Crippen LogP contribution in [-0.2, 0) is 13.1 Å². The van der Waals surface area contributed by atoms with Crippen LogP contribution in [0.4, 0.5) is 11.4 Å². The number of nitrogens with one attached hydrogen (secondary N) is 1. The van der Waals surface area contributed by atoms with Crippen LogP contribution in [0.25, 0.3) is 10.9 Å². The van der Waals surface area contributed by atoms with Gasteiger partial charge in [0.2, 0.25) is 0 Å². The van der Waals surface area contributed by atoms with Gasteiger partial charge in [0.05, 0.1) is 37.7 Å². The number of hydrogen-bond acceptors (Lipinski definition) is 4. The van der Waals surface area contributed by atoms with Crippen LogP contribution in [0.3, 0.4) is 0 Å². The Morgan fingerprint density at radius 2 is 1.77 bits per heavy atom. The summed E-state index contributed by atoms with van der Waals surface area (Å²) in [5.41, 5.74) is 4.56.